The summed E-state index contributed by atoms with van der Waals surface area (Å²) in [5, 5.41) is 8.70. The Labute approximate surface area is 104 Å². The van der Waals surface area contributed by atoms with Crippen LogP contribution in [0.4, 0.5) is 0 Å². The predicted molar refractivity (Wildman–Crippen MR) is 68.7 cm³/mol. The molecule has 0 saturated carbocycles. The minimum Gasteiger partial charge on any atom is -0.381 e. The van der Waals surface area contributed by atoms with Gasteiger partial charge in [0, 0.05) is 25.8 Å². The van der Waals surface area contributed by atoms with Gasteiger partial charge in [0.1, 0.15) is 0 Å². The Morgan fingerprint density at radius 2 is 2.12 bits per heavy atom. The molecule has 1 atom stereocenters. The van der Waals surface area contributed by atoms with Gasteiger partial charge in [-0.15, -0.1) is 0 Å². The van der Waals surface area contributed by atoms with E-state index < -0.39 is 0 Å². The van der Waals surface area contributed by atoms with Crippen molar-refractivity contribution >= 4 is 12.6 Å². The first-order valence-electron chi connectivity index (χ1n) is 5.89. The fraction of sp³-hybridized carbons (Fsp3) is 0.917. The Bertz CT molecular complexity index is 246. The minimum absolute atomic E-state index is 0.278. The van der Waals surface area contributed by atoms with E-state index >= 15 is 0 Å². The third-order valence-corrected chi connectivity index (χ3v) is 4.28. The quantitative estimate of drug-likeness (QED) is 0.749. The van der Waals surface area contributed by atoms with E-state index in [0.29, 0.717) is 12.5 Å². The number of hydrogen-bond acceptors (Lipinski definition) is 4. The molecule has 0 amide bonds. The zero-order chi connectivity index (χ0) is 12.0. The fourth-order valence-corrected chi connectivity index (χ4v) is 2.56. The molecule has 0 spiro atoms. The summed E-state index contributed by atoms with van der Waals surface area (Å²) in [5.74, 6) is 0.903. The van der Waals surface area contributed by atoms with Crippen LogP contribution in [0.2, 0.25) is 0 Å². The maximum Gasteiger partial charge on any atom is 0.0638 e. The first-order chi connectivity index (χ1) is 7.63. The number of thiol groups is 1. The molecule has 0 aromatic heterocycles. The average Bonchev–Trinajstić information content (AvgIpc) is 2.30. The second kappa shape index (κ2) is 6.48. The topological polar surface area (TPSA) is 36.3 Å². The van der Waals surface area contributed by atoms with Crippen molar-refractivity contribution in [2.75, 3.05) is 32.6 Å². The molecule has 4 heteroatoms. The normalized spacial score (nSPS) is 21.7. The van der Waals surface area contributed by atoms with E-state index in [4.69, 9.17) is 10.00 Å². The molecular formula is C12H22N2OS. The number of ether oxygens (including phenoxy) is 1. The van der Waals surface area contributed by atoms with Crippen molar-refractivity contribution in [3.63, 3.8) is 0 Å². The highest BCUT2D eigenvalue weighted by Gasteiger charge is 2.33. The van der Waals surface area contributed by atoms with Crippen molar-refractivity contribution < 1.29 is 4.74 Å². The van der Waals surface area contributed by atoms with Crippen molar-refractivity contribution in [2.24, 2.45) is 5.41 Å². The Kier molecular flexibility index (Phi) is 5.60. The lowest BCUT2D eigenvalue weighted by Crippen LogP contribution is -2.44. The van der Waals surface area contributed by atoms with Gasteiger partial charge in [-0.05, 0) is 38.0 Å². The van der Waals surface area contributed by atoms with Crippen LogP contribution < -0.4 is 0 Å². The summed E-state index contributed by atoms with van der Waals surface area (Å²) in [7, 11) is 2.10. The molecule has 1 rings (SSSR count). The predicted octanol–water partition coefficient (Wildman–Crippen LogP) is 1.95. The molecule has 92 valence electrons. The van der Waals surface area contributed by atoms with E-state index in [2.05, 4.69) is 37.6 Å². The SMILES string of the molecule is CC(CC#N)N(C)CC1(CS)CCOCC1. The van der Waals surface area contributed by atoms with E-state index in [1.807, 2.05) is 0 Å². The van der Waals surface area contributed by atoms with Crippen molar-refractivity contribution in [1.82, 2.24) is 4.90 Å². The summed E-state index contributed by atoms with van der Waals surface area (Å²) in [6, 6.07) is 2.55. The lowest BCUT2D eigenvalue weighted by atomic mass is 9.81. The van der Waals surface area contributed by atoms with Gasteiger partial charge < -0.3 is 9.64 Å². The molecule has 1 aliphatic heterocycles. The maximum atomic E-state index is 8.70. The summed E-state index contributed by atoms with van der Waals surface area (Å²) < 4.78 is 5.41. The Balaban J connectivity index is 2.52. The zero-order valence-electron chi connectivity index (χ0n) is 10.3. The van der Waals surface area contributed by atoms with Gasteiger partial charge in [0.05, 0.1) is 12.5 Å². The third kappa shape index (κ3) is 3.65. The maximum absolute atomic E-state index is 8.70. The van der Waals surface area contributed by atoms with Crippen LogP contribution in [-0.2, 0) is 4.74 Å². The first kappa shape index (κ1) is 13.8. The molecule has 0 N–H and O–H groups in total. The van der Waals surface area contributed by atoms with Gasteiger partial charge in [0.2, 0.25) is 0 Å². The van der Waals surface area contributed by atoms with Gasteiger partial charge in [-0.3, -0.25) is 0 Å². The van der Waals surface area contributed by atoms with Crippen molar-refractivity contribution in [1.29, 1.82) is 5.26 Å². The third-order valence-electron chi connectivity index (χ3n) is 3.61. The summed E-state index contributed by atoms with van der Waals surface area (Å²) in [6.45, 7) is 4.82. The number of rotatable bonds is 5. The molecule has 1 unspecified atom stereocenters. The molecule has 16 heavy (non-hydrogen) atoms. The molecule has 1 saturated heterocycles. The van der Waals surface area contributed by atoms with Crippen LogP contribution in [0.25, 0.3) is 0 Å². The zero-order valence-corrected chi connectivity index (χ0v) is 11.2. The molecule has 0 bridgehead atoms. The molecule has 0 aromatic rings. The van der Waals surface area contributed by atoms with Crippen LogP contribution in [0.5, 0.6) is 0 Å². The molecule has 1 fully saturated rings. The van der Waals surface area contributed by atoms with E-state index in [-0.39, 0.29) is 5.41 Å². The summed E-state index contributed by atoms with van der Waals surface area (Å²) in [6.07, 6.45) is 2.76. The highest BCUT2D eigenvalue weighted by Crippen LogP contribution is 2.33. The highest BCUT2D eigenvalue weighted by atomic mass is 32.1. The lowest BCUT2D eigenvalue weighted by Gasteiger charge is -2.40. The first-order valence-corrected chi connectivity index (χ1v) is 6.52. The van der Waals surface area contributed by atoms with E-state index in [1.54, 1.807) is 0 Å². The minimum atomic E-state index is 0.278. The van der Waals surface area contributed by atoms with Crippen LogP contribution >= 0.6 is 12.6 Å². The number of nitriles is 1. The number of hydrogen-bond donors (Lipinski definition) is 1. The summed E-state index contributed by atoms with van der Waals surface area (Å²) >= 11 is 4.50. The molecule has 0 aliphatic carbocycles. The van der Waals surface area contributed by atoms with Crippen molar-refractivity contribution in [3.8, 4) is 6.07 Å². The van der Waals surface area contributed by atoms with E-state index in [0.717, 1.165) is 38.4 Å². The molecule has 3 nitrogen and oxygen atoms in total. The smallest absolute Gasteiger partial charge is 0.0638 e. The number of nitrogens with zero attached hydrogens (tertiary/aromatic N) is 2. The van der Waals surface area contributed by atoms with Gasteiger partial charge in [-0.2, -0.15) is 17.9 Å². The second-order valence-electron chi connectivity index (χ2n) is 4.90. The molecule has 1 aliphatic rings. The van der Waals surface area contributed by atoms with Crippen LogP contribution in [0.3, 0.4) is 0 Å². The molecule has 0 radical (unpaired) electrons. The Morgan fingerprint density at radius 3 is 2.62 bits per heavy atom. The Hall–Kier alpha value is -0.240. The summed E-state index contributed by atoms with van der Waals surface area (Å²) in [5.41, 5.74) is 0.278. The van der Waals surface area contributed by atoms with Gasteiger partial charge in [-0.1, -0.05) is 0 Å². The van der Waals surface area contributed by atoms with Crippen LogP contribution in [0, 0.1) is 16.7 Å². The fourth-order valence-electron chi connectivity index (χ4n) is 2.14. The van der Waals surface area contributed by atoms with Crippen molar-refractivity contribution in [2.45, 2.75) is 32.2 Å². The van der Waals surface area contributed by atoms with Crippen molar-refractivity contribution in [3.05, 3.63) is 0 Å². The average molecular weight is 242 g/mol. The lowest BCUT2D eigenvalue weighted by molar-refractivity contribution is 0.00675. The van der Waals surface area contributed by atoms with Crippen LogP contribution in [0.1, 0.15) is 26.2 Å². The Morgan fingerprint density at radius 1 is 1.50 bits per heavy atom. The monoisotopic (exact) mass is 242 g/mol. The second-order valence-corrected chi connectivity index (χ2v) is 5.21. The molecule has 0 aromatic carbocycles. The van der Waals surface area contributed by atoms with Gasteiger partial charge in [0.15, 0.2) is 0 Å². The van der Waals surface area contributed by atoms with Gasteiger partial charge in [0.25, 0.3) is 0 Å². The largest absolute Gasteiger partial charge is 0.381 e. The van der Waals surface area contributed by atoms with Gasteiger partial charge in [-0.25, -0.2) is 0 Å². The molecular weight excluding hydrogens is 220 g/mol. The highest BCUT2D eigenvalue weighted by molar-refractivity contribution is 7.80. The molecule has 1 heterocycles. The van der Waals surface area contributed by atoms with E-state index in [1.165, 1.54) is 0 Å². The van der Waals surface area contributed by atoms with Crippen LogP contribution in [0.15, 0.2) is 0 Å². The standard InChI is InChI=1S/C12H22N2OS/c1-11(3-6-13)14(2)9-12(10-16)4-7-15-8-5-12/h11,16H,3-5,7-10H2,1-2H3. The van der Waals surface area contributed by atoms with Crippen LogP contribution in [-0.4, -0.2) is 43.5 Å². The van der Waals surface area contributed by atoms with E-state index in [9.17, 15) is 0 Å². The van der Waals surface area contributed by atoms with Gasteiger partial charge >= 0.3 is 0 Å². The summed E-state index contributed by atoms with van der Waals surface area (Å²) in [4.78, 5) is 2.28.